The number of rotatable bonds is 6. The Labute approximate surface area is 225 Å². The first-order valence-electron chi connectivity index (χ1n) is 12.0. The smallest absolute Gasteiger partial charge is 0.383 e. The molecule has 1 aliphatic rings. The van der Waals surface area contributed by atoms with Gasteiger partial charge >= 0.3 is 12.4 Å². The number of carbonyl (C=O) groups excluding carboxylic acids is 1. The van der Waals surface area contributed by atoms with Crippen molar-refractivity contribution in [2.45, 2.75) is 31.2 Å². The van der Waals surface area contributed by atoms with Gasteiger partial charge in [0, 0.05) is 24.7 Å². The Balaban J connectivity index is 1.68. The molecule has 0 spiro atoms. The van der Waals surface area contributed by atoms with Crippen LogP contribution in [0.1, 0.15) is 39.9 Å². The Kier molecular flexibility index (Phi) is 7.72. The van der Waals surface area contributed by atoms with Gasteiger partial charge in [-0.15, -0.1) is 0 Å². The Morgan fingerprint density at radius 1 is 1.15 bits per heavy atom. The largest absolute Gasteiger partial charge is 0.455 e. The molecule has 1 fully saturated rings. The summed E-state index contributed by atoms with van der Waals surface area (Å²) in [5, 5.41) is 12.7. The topological polar surface area (TPSA) is 108 Å². The predicted molar refractivity (Wildman–Crippen MR) is 137 cm³/mol. The molecule has 1 atom stereocenters. The van der Waals surface area contributed by atoms with E-state index >= 15 is 0 Å². The van der Waals surface area contributed by atoms with Gasteiger partial charge in [0.15, 0.2) is 0 Å². The molecular weight excluding hydrogens is 538 g/mol. The first-order chi connectivity index (χ1) is 18.8. The van der Waals surface area contributed by atoms with E-state index in [9.17, 15) is 36.4 Å². The lowest BCUT2D eigenvalue weighted by molar-refractivity contribution is -0.137. The van der Waals surface area contributed by atoms with E-state index < -0.39 is 46.7 Å². The van der Waals surface area contributed by atoms with Crippen molar-refractivity contribution in [3.05, 3.63) is 71.3 Å². The number of nitriles is 1. The third-order valence-electron chi connectivity index (χ3n) is 6.37. The van der Waals surface area contributed by atoms with Crippen molar-refractivity contribution in [1.29, 1.82) is 5.26 Å². The zero-order chi connectivity index (χ0) is 29.2. The van der Waals surface area contributed by atoms with Gasteiger partial charge in [-0.05, 0) is 36.6 Å². The molecule has 1 aliphatic heterocycles. The van der Waals surface area contributed by atoms with E-state index in [1.807, 2.05) is 0 Å². The fraction of sp³-hybridized carbons (Fsp3) is 0.259. The summed E-state index contributed by atoms with van der Waals surface area (Å²) >= 11 is 0. The predicted octanol–water partition coefficient (Wildman–Crippen LogP) is 6.09. The number of hydrogen-bond donors (Lipinski definition) is 2. The highest BCUT2D eigenvalue weighted by atomic mass is 19.4. The summed E-state index contributed by atoms with van der Waals surface area (Å²) in [4.78, 5) is 21.4. The highest BCUT2D eigenvalue weighted by Gasteiger charge is 2.41. The SMILES string of the molecule is C=Cc1ccccc1-c1cc(C(F)(F)F)c(C#N)c(N2CCCC(Nc3ccc(C(=O)C(F)(F)F)c(N)n3)C2)n1. The van der Waals surface area contributed by atoms with Gasteiger partial charge in [-0.2, -0.15) is 31.6 Å². The average molecular weight is 561 g/mol. The van der Waals surface area contributed by atoms with Crippen molar-refractivity contribution in [1.82, 2.24) is 9.97 Å². The molecule has 7 nitrogen and oxygen atoms in total. The van der Waals surface area contributed by atoms with Gasteiger partial charge in [-0.25, -0.2) is 9.97 Å². The monoisotopic (exact) mass is 560 g/mol. The number of Topliss-reactive ketones (excluding diaryl/α,β-unsaturated/α-hetero) is 1. The molecule has 13 heteroatoms. The lowest BCUT2D eigenvalue weighted by atomic mass is 9.99. The number of piperidine rings is 1. The number of pyridine rings is 2. The van der Waals surface area contributed by atoms with E-state index in [4.69, 9.17) is 5.73 Å². The third-order valence-corrected chi connectivity index (χ3v) is 6.37. The molecule has 1 aromatic carbocycles. The molecule has 3 N–H and O–H groups in total. The minimum atomic E-state index is -5.12. The second kappa shape index (κ2) is 10.9. The van der Waals surface area contributed by atoms with Crippen LogP contribution < -0.4 is 16.0 Å². The zero-order valence-corrected chi connectivity index (χ0v) is 20.8. The quantitative estimate of drug-likeness (QED) is 0.278. The highest BCUT2D eigenvalue weighted by molar-refractivity contribution is 6.03. The molecule has 3 heterocycles. The summed E-state index contributed by atoms with van der Waals surface area (Å²) < 4.78 is 80.6. The van der Waals surface area contributed by atoms with Gasteiger partial charge in [-0.1, -0.05) is 36.9 Å². The number of alkyl halides is 6. The van der Waals surface area contributed by atoms with Crippen LogP contribution in [0.5, 0.6) is 0 Å². The standard InChI is InChI=1S/C27H22F6N6O/c1-2-15-6-3-4-8-17(15)21-12-20(26(28,29)30)19(13-34)25(37-21)39-11-5-7-16(14-39)36-22-10-9-18(24(35)38-22)23(40)27(31,32)33/h2-4,6,8-10,12,16H,1,5,7,11,14H2,(H3,35,36,38). The summed E-state index contributed by atoms with van der Waals surface area (Å²) in [6.45, 7) is 4.12. The normalized spacial score (nSPS) is 15.8. The van der Waals surface area contributed by atoms with Crippen molar-refractivity contribution < 1.29 is 31.1 Å². The van der Waals surface area contributed by atoms with Crippen LogP contribution in [0.25, 0.3) is 17.3 Å². The van der Waals surface area contributed by atoms with E-state index in [-0.39, 0.29) is 23.9 Å². The first-order valence-corrected chi connectivity index (χ1v) is 12.0. The Morgan fingerprint density at radius 2 is 1.88 bits per heavy atom. The number of benzene rings is 1. The van der Waals surface area contributed by atoms with Crippen molar-refractivity contribution in [2.75, 3.05) is 29.0 Å². The number of ketones is 1. The van der Waals surface area contributed by atoms with Crippen molar-refractivity contribution in [2.24, 2.45) is 0 Å². The van der Waals surface area contributed by atoms with Crippen LogP contribution in [-0.4, -0.2) is 41.1 Å². The molecule has 4 rings (SSSR count). The van der Waals surface area contributed by atoms with Gasteiger partial charge in [0.2, 0.25) is 0 Å². The van der Waals surface area contributed by atoms with E-state index in [1.165, 1.54) is 12.1 Å². The fourth-order valence-electron chi connectivity index (χ4n) is 4.54. The van der Waals surface area contributed by atoms with Crippen molar-refractivity contribution in [3.63, 3.8) is 0 Å². The van der Waals surface area contributed by atoms with Crippen LogP contribution >= 0.6 is 0 Å². The number of nitrogen functional groups attached to an aromatic ring is 1. The summed E-state index contributed by atoms with van der Waals surface area (Å²) in [5.74, 6) is -2.80. The number of halogens is 6. The molecule has 0 aliphatic carbocycles. The van der Waals surface area contributed by atoms with Gasteiger partial charge in [0.25, 0.3) is 5.78 Å². The molecule has 0 saturated carbocycles. The second-order valence-electron chi connectivity index (χ2n) is 9.04. The summed E-state index contributed by atoms with van der Waals surface area (Å²) in [6, 6.07) is 10.8. The lowest BCUT2D eigenvalue weighted by Crippen LogP contribution is -2.43. The van der Waals surface area contributed by atoms with Crippen LogP contribution in [0.3, 0.4) is 0 Å². The average Bonchev–Trinajstić information content (AvgIpc) is 2.91. The van der Waals surface area contributed by atoms with Gasteiger partial charge in [-0.3, -0.25) is 4.79 Å². The molecule has 40 heavy (non-hydrogen) atoms. The van der Waals surface area contributed by atoms with E-state index in [0.717, 1.165) is 12.1 Å². The maximum Gasteiger partial charge on any atom is 0.455 e. The first kappa shape index (κ1) is 28.4. The molecule has 0 bridgehead atoms. The van der Waals surface area contributed by atoms with Gasteiger partial charge < -0.3 is 16.0 Å². The summed E-state index contributed by atoms with van der Waals surface area (Å²) in [6.07, 6.45) is -7.41. The van der Waals surface area contributed by atoms with Crippen LogP contribution in [-0.2, 0) is 6.18 Å². The minimum absolute atomic E-state index is 0.0197. The van der Waals surface area contributed by atoms with Crippen LogP contribution in [0.4, 0.5) is 43.8 Å². The van der Waals surface area contributed by atoms with Gasteiger partial charge in [0.05, 0.1) is 16.8 Å². The lowest BCUT2D eigenvalue weighted by Gasteiger charge is -2.35. The Morgan fingerprint density at radius 3 is 2.50 bits per heavy atom. The third kappa shape index (κ3) is 5.85. The minimum Gasteiger partial charge on any atom is -0.383 e. The van der Waals surface area contributed by atoms with Crippen molar-refractivity contribution in [3.8, 4) is 17.3 Å². The maximum absolute atomic E-state index is 14.1. The number of aromatic nitrogens is 2. The Hall–Kier alpha value is -4.60. The molecule has 208 valence electrons. The number of nitrogens with two attached hydrogens (primary N) is 1. The highest BCUT2D eigenvalue weighted by Crippen LogP contribution is 2.39. The van der Waals surface area contributed by atoms with E-state index in [2.05, 4.69) is 21.9 Å². The molecule has 3 aromatic rings. The Bertz CT molecular complexity index is 1490. The van der Waals surface area contributed by atoms with Gasteiger partial charge in [0.1, 0.15) is 29.1 Å². The molecule has 0 radical (unpaired) electrons. The van der Waals surface area contributed by atoms with Crippen molar-refractivity contribution >= 4 is 29.3 Å². The summed E-state index contributed by atoms with van der Waals surface area (Å²) in [7, 11) is 0. The second-order valence-corrected chi connectivity index (χ2v) is 9.04. The number of carbonyl (C=O) groups is 1. The van der Waals surface area contributed by atoms with Crippen LogP contribution in [0.15, 0.2) is 49.0 Å². The number of nitrogens with one attached hydrogen (secondary N) is 1. The van der Waals surface area contributed by atoms with E-state index in [1.54, 1.807) is 35.2 Å². The molecule has 2 aromatic heterocycles. The molecule has 1 unspecified atom stereocenters. The van der Waals surface area contributed by atoms with E-state index in [0.29, 0.717) is 30.5 Å². The molecular formula is C27H22F6N6O. The maximum atomic E-state index is 14.1. The van der Waals surface area contributed by atoms with Crippen LogP contribution in [0.2, 0.25) is 0 Å². The fourth-order valence-corrected chi connectivity index (χ4v) is 4.54. The molecule has 0 amide bonds. The number of anilines is 3. The molecule has 1 saturated heterocycles. The van der Waals surface area contributed by atoms with Crippen LogP contribution in [0, 0.1) is 11.3 Å². The summed E-state index contributed by atoms with van der Waals surface area (Å²) in [5.41, 5.74) is 4.05. The zero-order valence-electron chi connectivity index (χ0n) is 20.8. The number of nitrogens with zero attached hydrogens (tertiary/aromatic N) is 4. The number of hydrogen-bond acceptors (Lipinski definition) is 7.